The fourth-order valence-corrected chi connectivity index (χ4v) is 4.10. The third-order valence-corrected chi connectivity index (χ3v) is 5.55. The van der Waals surface area contributed by atoms with E-state index in [1.165, 1.54) is 17.7 Å². The molecule has 1 saturated heterocycles. The monoisotopic (exact) mass is 385 g/mol. The van der Waals surface area contributed by atoms with Gasteiger partial charge in [-0.15, -0.1) is 0 Å². The second-order valence-electron chi connectivity index (χ2n) is 8.28. The molecule has 2 aliphatic heterocycles. The van der Waals surface area contributed by atoms with Crippen molar-refractivity contribution in [2.45, 2.75) is 39.8 Å². The van der Waals surface area contributed by atoms with Crippen LogP contribution in [-0.4, -0.2) is 72.9 Å². The maximum Gasteiger partial charge on any atom is 0.223 e. The molecule has 0 radical (unpaired) electrons. The van der Waals surface area contributed by atoms with Crippen LogP contribution in [0, 0.1) is 5.92 Å². The number of nitrogens with one attached hydrogen (secondary N) is 1. The van der Waals surface area contributed by atoms with E-state index < -0.39 is 0 Å². The Hall–Kier alpha value is -2.08. The van der Waals surface area contributed by atoms with Crippen molar-refractivity contribution >= 4 is 11.9 Å². The summed E-state index contributed by atoms with van der Waals surface area (Å²) < 4.78 is 0. The number of aliphatic imine (C=N–C) groups is 1. The zero-order valence-corrected chi connectivity index (χ0v) is 17.7. The zero-order chi connectivity index (χ0) is 19.9. The van der Waals surface area contributed by atoms with Crippen LogP contribution in [0.15, 0.2) is 29.3 Å². The predicted octanol–water partition coefficient (Wildman–Crippen LogP) is 2.16. The second kappa shape index (κ2) is 9.92. The molecule has 28 heavy (non-hydrogen) atoms. The van der Waals surface area contributed by atoms with Gasteiger partial charge in [0.25, 0.3) is 0 Å². The first-order valence-electron chi connectivity index (χ1n) is 10.6. The number of carbonyl (C=O) groups is 1. The Bertz CT molecular complexity index is 654. The normalized spacial score (nSPS) is 17.9. The van der Waals surface area contributed by atoms with Crippen molar-refractivity contribution in [3.8, 4) is 0 Å². The first-order valence-corrected chi connectivity index (χ1v) is 10.6. The number of fused-ring (bicyclic) bond motifs is 1. The van der Waals surface area contributed by atoms with Gasteiger partial charge in [-0.1, -0.05) is 38.1 Å². The van der Waals surface area contributed by atoms with Crippen LogP contribution in [0.1, 0.15) is 37.8 Å². The first-order chi connectivity index (χ1) is 13.6. The van der Waals surface area contributed by atoms with Crippen molar-refractivity contribution in [1.29, 1.82) is 0 Å². The van der Waals surface area contributed by atoms with E-state index in [4.69, 9.17) is 0 Å². The highest BCUT2D eigenvalue weighted by Crippen LogP contribution is 2.22. The molecule has 1 N–H and O–H groups in total. The number of hydrogen-bond acceptors (Lipinski definition) is 3. The molecule has 1 fully saturated rings. The zero-order valence-electron chi connectivity index (χ0n) is 17.7. The molecule has 0 bridgehead atoms. The molecule has 1 aromatic carbocycles. The van der Waals surface area contributed by atoms with Crippen molar-refractivity contribution in [3.63, 3.8) is 0 Å². The summed E-state index contributed by atoms with van der Waals surface area (Å²) in [6.45, 7) is 12.2. The number of benzene rings is 1. The molecule has 0 saturated carbocycles. The Morgan fingerprint density at radius 1 is 1.07 bits per heavy atom. The summed E-state index contributed by atoms with van der Waals surface area (Å²) in [7, 11) is 1.84. The average molecular weight is 386 g/mol. The number of rotatable bonds is 6. The first kappa shape index (κ1) is 20.6. The number of nitrogens with zero attached hydrogens (tertiary/aromatic N) is 4. The highest BCUT2D eigenvalue weighted by atomic mass is 16.2. The van der Waals surface area contributed by atoms with Gasteiger partial charge >= 0.3 is 0 Å². The third kappa shape index (κ3) is 5.47. The van der Waals surface area contributed by atoms with E-state index >= 15 is 0 Å². The van der Waals surface area contributed by atoms with Gasteiger partial charge in [-0.2, -0.15) is 0 Å². The lowest BCUT2D eigenvalue weighted by molar-refractivity contribution is -0.131. The van der Waals surface area contributed by atoms with Gasteiger partial charge in [0.1, 0.15) is 0 Å². The molecule has 3 rings (SSSR count). The molecular formula is C22H35N5O. The largest absolute Gasteiger partial charge is 0.356 e. The van der Waals surface area contributed by atoms with Crippen LogP contribution in [0.25, 0.3) is 0 Å². The molecule has 0 unspecified atom stereocenters. The molecule has 0 spiro atoms. The summed E-state index contributed by atoms with van der Waals surface area (Å²) in [5.74, 6) is 1.92. The fourth-order valence-electron chi connectivity index (χ4n) is 4.10. The van der Waals surface area contributed by atoms with Crippen LogP contribution >= 0.6 is 0 Å². The van der Waals surface area contributed by atoms with Gasteiger partial charge in [0.2, 0.25) is 5.91 Å². The minimum Gasteiger partial charge on any atom is -0.356 e. The van der Waals surface area contributed by atoms with E-state index in [0.29, 0.717) is 12.3 Å². The van der Waals surface area contributed by atoms with Crippen LogP contribution in [0.2, 0.25) is 0 Å². The summed E-state index contributed by atoms with van der Waals surface area (Å²) in [5, 5.41) is 3.44. The third-order valence-electron chi connectivity index (χ3n) is 5.55. The lowest BCUT2D eigenvalue weighted by Gasteiger charge is -2.37. The van der Waals surface area contributed by atoms with Crippen molar-refractivity contribution in [2.24, 2.45) is 10.9 Å². The van der Waals surface area contributed by atoms with Crippen molar-refractivity contribution < 1.29 is 4.79 Å². The van der Waals surface area contributed by atoms with E-state index in [1.54, 1.807) is 0 Å². The minimum absolute atomic E-state index is 0.246. The van der Waals surface area contributed by atoms with Gasteiger partial charge in [-0.05, 0) is 23.5 Å². The highest BCUT2D eigenvalue weighted by Gasteiger charge is 2.23. The molecule has 1 amide bonds. The van der Waals surface area contributed by atoms with Gasteiger partial charge in [0.15, 0.2) is 5.96 Å². The quantitative estimate of drug-likeness (QED) is 0.463. The lowest BCUT2D eigenvalue weighted by Crippen LogP contribution is -2.53. The summed E-state index contributed by atoms with van der Waals surface area (Å²) in [6, 6.07) is 8.33. The minimum atomic E-state index is 0.246. The molecule has 0 aromatic heterocycles. The number of amides is 1. The summed E-state index contributed by atoms with van der Waals surface area (Å²) in [5.41, 5.74) is 2.57. The van der Waals surface area contributed by atoms with Gasteiger partial charge in [-0.25, -0.2) is 0 Å². The molecule has 6 nitrogen and oxygen atoms in total. The maximum atomic E-state index is 12.5. The molecule has 0 aliphatic carbocycles. The van der Waals surface area contributed by atoms with Gasteiger partial charge in [0.05, 0.1) is 0 Å². The number of hydrogen-bond donors (Lipinski definition) is 1. The summed E-state index contributed by atoms with van der Waals surface area (Å²) in [4.78, 5) is 23.8. The van der Waals surface area contributed by atoms with Crippen LogP contribution in [0.4, 0.5) is 0 Å². The molecule has 2 aliphatic rings. The predicted molar refractivity (Wildman–Crippen MR) is 114 cm³/mol. The van der Waals surface area contributed by atoms with E-state index in [9.17, 15) is 4.79 Å². The van der Waals surface area contributed by atoms with Crippen molar-refractivity contribution in [1.82, 2.24) is 20.0 Å². The topological polar surface area (TPSA) is 51.2 Å². The van der Waals surface area contributed by atoms with Crippen LogP contribution in [0.5, 0.6) is 0 Å². The highest BCUT2D eigenvalue weighted by molar-refractivity contribution is 5.80. The van der Waals surface area contributed by atoms with Crippen molar-refractivity contribution in [3.05, 3.63) is 35.4 Å². The van der Waals surface area contributed by atoms with Gasteiger partial charge in [-0.3, -0.25) is 14.7 Å². The Labute approximate surface area is 169 Å². The Kier molecular flexibility index (Phi) is 7.31. The molecule has 0 atom stereocenters. The van der Waals surface area contributed by atoms with Gasteiger partial charge < -0.3 is 15.1 Å². The maximum absolute atomic E-state index is 12.5. The lowest BCUT2D eigenvalue weighted by atomic mass is 10.1. The molecular weight excluding hydrogens is 350 g/mol. The van der Waals surface area contributed by atoms with Crippen LogP contribution in [0.3, 0.4) is 0 Å². The molecule has 154 valence electrons. The van der Waals surface area contributed by atoms with Gasteiger partial charge in [0, 0.05) is 65.8 Å². The smallest absolute Gasteiger partial charge is 0.223 e. The summed E-state index contributed by atoms with van der Waals surface area (Å²) in [6.07, 6.45) is 1.41. The SMILES string of the molecule is CN=C(NCCCC(=O)N1Cc2ccccc2C1)N1CCN(CC(C)C)CC1. The summed E-state index contributed by atoms with van der Waals surface area (Å²) >= 11 is 0. The second-order valence-corrected chi connectivity index (χ2v) is 8.28. The van der Waals surface area contributed by atoms with E-state index in [-0.39, 0.29) is 5.91 Å². The number of guanidine groups is 1. The molecule has 6 heteroatoms. The number of carbonyl (C=O) groups excluding carboxylic acids is 1. The van der Waals surface area contributed by atoms with E-state index in [0.717, 1.165) is 58.2 Å². The molecule has 1 aromatic rings. The standard InChI is InChI=1S/C22H35N5O/c1-18(2)15-25-11-13-26(14-12-25)22(23-3)24-10-6-9-21(28)27-16-19-7-4-5-8-20(19)17-27/h4-5,7-8,18H,6,9-17H2,1-3H3,(H,23,24). The Balaban J connectivity index is 1.35. The van der Waals surface area contributed by atoms with E-state index in [1.807, 2.05) is 24.1 Å². The van der Waals surface area contributed by atoms with Crippen LogP contribution < -0.4 is 5.32 Å². The Morgan fingerprint density at radius 2 is 1.71 bits per heavy atom. The molecule has 2 heterocycles. The fraction of sp³-hybridized carbons (Fsp3) is 0.636. The Morgan fingerprint density at radius 3 is 2.29 bits per heavy atom. The average Bonchev–Trinajstić information content (AvgIpc) is 3.13. The van der Waals surface area contributed by atoms with E-state index in [2.05, 4.69) is 46.1 Å². The van der Waals surface area contributed by atoms with Crippen LogP contribution in [-0.2, 0) is 17.9 Å². The number of piperazine rings is 1. The van der Waals surface area contributed by atoms with Crippen molar-refractivity contribution in [2.75, 3.05) is 46.3 Å².